The minimum Gasteiger partial charge on any atom is -0.287 e. The first-order chi connectivity index (χ1) is 11.2. The summed E-state index contributed by atoms with van der Waals surface area (Å²) in [7, 11) is 0. The Labute approximate surface area is 145 Å². The van der Waals surface area contributed by atoms with Gasteiger partial charge in [-0.15, -0.1) is 6.58 Å². The number of halogens is 1. The summed E-state index contributed by atoms with van der Waals surface area (Å²) in [5, 5.41) is 1.65. The second kappa shape index (κ2) is 7.07. The van der Waals surface area contributed by atoms with Gasteiger partial charge in [-0.3, -0.25) is 4.57 Å². The number of aromatic nitrogens is 2. The highest BCUT2D eigenvalue weighted by Gasteiger charge is 2.14. The second-order valence-electron chi connectivity index (χ2n) is 5.21. The predicted molar refractivity (Wildman–Crippen MR) is 99.7 cm³/mol. The zero-order valence-corrected chi connectivity index (χ0v) is 14.4. The molecule has 0 amide bonds. The fourth-order valence-electron chi connectivity index (χ4n) is 2.36. The van der Waals surface area contributed by atoms with Crippen LogP contribution < -0.4 is 0 Å². The molecule has 3 aromatic rings. The number of imidazole rings is 1. The first-order valence-corrected chi connectivity index (χ1v) is 8.70. The monoisotopic (exact) mass is 340 g/mol. The van der Waals surface area contributed by atoms with Crippen molar-refractivity contribution in [3.63, 3.8) is 0 Å². The van der Waals surface area contributed by atoms with Crippen molar-refractivity contribution in [1.82, 2.24) is 9.55 Å². The third kappa shape index (κ3) is 3.52. The van der Waals surface area contributed by atoms with Crippen LogP contribution in [0.2, 0.25) is 5.02 Å². The molecule has 0 aliphatic carbocycles. The predicted octanol–water partition coefficient (Wildman–Crippen LogP) is 5.78. The Bertz CT molecular complexity index is 822. The lowest BCUT2D eigenvalue weighted by molar-refractivity contribution is 0.902. The first-order valence-electron chi connectivity index (χ1n) is 7.33. The van der Waals surface area contributed by atoms with Gasteiger partial charge in [-0.05, 0) is 25.1 Å². The van der Waals surface area contributed by atoms with Crippen LogP contribution in [0.15, 0.2) is 72.5 Å². The maximum Gasteiger partial charge on any atom is 0.173 e. The number of hydrogen-bond donors (Lipinski definition) is 0. The minimum atomic E-state index is 0.714. The lowest BCUT2D eigenvalue weighted by Gasteiger charge is -2.12. The fraction of sp³-hybridized carbons (Fsp3) is 0.105. The highest BCUT2D eigenvalue weighted by molar-refractivity contribution is 7.99. The Morgan fingerprint density at radius 1 is 1.22 bits per heavy atom. The van der Waals surface area contributed by atoms with Crippen molar-refractivity contribution >= 4 is 23.4 Å². The quantitative estimate of drug-likeness (QED) is 0.433. The van der Waals surface area contributed by atoms with Gasteiger partial charge in [-0.2, -0.15) is 0 Å². The molecule has 3 rings (SSSR count). The minimum absolute atomic E-state index is 0.714. The molecule has 0 saturated carbocycles. The molecule has 1 aromatic heterocycles. The van der Waals surface area contributed by atoms with E-state index < -0.39 is 0 Å². The van der Waals surface area contributed by atoms with Crippen molar-refractivity contribution in [1.29, 1.82) is 0 Å². The maximum atomic E-state index is 6.18. The molecule has 0 aliphatic rings. The molecule has 0 radical (unpaired) electrons. The SMILES string of the molecule is C=CCSc1ncc(-c2ccc(C)cc2)n1-c1cccc(Cl)c1. The molecule has 0 aliphatic heterocycles. The lowest BCUT2D eigenvalue weighted by atomic mass is 10.1. The van der Waals surface area contributed by atoms with E-state index in [9.17, 15) is 0 Å². The summed E-state index contributed by atoms with van der Waals surface area (Å²) in [4.78, 5) is 4.59. The average Bonchev–Trinajstić information content (AvgIpc) is 2.97. The number of thioether (sulfide) groups is 1. The molecule has 0 spiro atoms. The van der Waals surface area contributed by atoms with E-state index in [2.05, 4.69) is 47.3 Å². The van der Waals surface area contributed by atoms with E-state index in [1.807, 2.05) is 36.5 Å². The summed E-state index contributed by atoms with van der Waals surface area (Å²) in [5.74, 6) is 0.810. The molecule has 116 valence electrons. The molecule has 0 N–H and O–H groups in total. The molecule has 23 heavy (non-hydrogen) atoms. The van der Waals surface area contributed by atoms with Crippen LogP contribution in [0.3, 0.4) is 0 Å². The summed E-state index contributed by atoms with van der Waals surface area (Å²) in [6.07, 6.45) is 3.80. The molecule has 0 saturated heterocycles. The summed E-state index contributed by atoms with van der Waals surface area (Å²) in [6, 6.07) is 16.3. The van der Waals surface area contributed by atoms with Crippen LogP contribution in [0.4, 0.5) is 0 Å². The standard InChI is InChI=1S/C19H17ClN2S/c1-3-11-23-19-21-13-18(15-9-7-14(2)8-10-15)22(19)17-6-4-5-16(20)12-17/h3-10,12-13H,1,11H2,2H3. The van der Waals surface area contributed by atoms with Gasteiger partial charge >= 0.3 is 0 Å². The van der Waals surface area contributed by atoms with Crippen molar-refractivity contribution in [2.75, 3.05) is 5.75 Å². The largest absolute Gasteiger partial charge is 0.287 e. The third-order valence-electron chi connectivity index (χ3n) is 3.47. The molecule has 1 heterocycles. The van der Waals surface area contributed by atoms with E-state index >= 15 is 0 Å². The van der Waals surface area contributed by atoms with Gasteiger partial charge in [0.2, 0.25) is 0 Å². The molecular weight excluding hydrogens is 324 g/mol. The van der Waals surface area contributed by atoms with Crippen LogP contribution in [-0.2, 0) is 0 Å². The van der Waals surface area contributed by atoms with Crippen molar-refractivity contribution < 1.29 is 0 Å². The molecule has 2 aromatic carbocycles. The van der Waals surface area contributed by atoms with Gasteiger partial charge in [0.15, 0.2) is 5.16 Å². The molecule has 0 fully saturated rings. The van der Waals surface area contributed by atoms with E-state index in [0.29, 0.717) is 5.02 Å². The lowest BCUT2D eigenvalue weighted by Crippen LogP contribution is -1.99. The number of benzene rings is 2. The van der Waals surface area contributed by atoms with E-state index in [4.69, 9.17) is 11.6 Å². The van der Waals surface area contributed by atoms with Crippen LogP contribution in [0.5, 0.6) is 0 Å². The van der Waals surface area contributed by atoms with E-state index in [0.717, 1.165) is 27.9 Å². The summed E-state index contributed by atoms with van der Waals surface area (Å²) < 4.78 is 2.14. The van der Waals surface area contributed by atoms with Crippen molar-refractivity contribution in [3.8, 4) is 16.9 Å². The summed E-state index contributed by atoms with van der Waals surface area (Å²) in [6.45, 7) is 5.87. The number of nitrogens with zero attached hydrogens (tertiary/aromatic N) is 2. The summed E-state index contributed by atoms with van der Waals surface area (Å²) >= 11 is 7.84. The van der Waals surface area contributed by atoms with Crippen molar-refractivity contribution in [3.05, 3.63) is 78.0 Å². The Hall–Kier alpha value is -1.97. The maximum absolute atomic E-state index is 6.18. The number of rotatable bonds is 5. The van der Waals surface area contributed by atoms with Crippen LogP contribution in [-0.4, -0.2) is 15.3 Å². The second-order valence-corrected chi connectivity index (χ2v) is 6.63. The normalized spacial score (nSPS) is 10.7. The van der Waals surface area contributed by atoms with Gasteiger partial charge < -0.3 is 0 Å². The molecule has 0 bridgehead atoms. The van der Waals surface area contributed by atoms with E-state index in [-0.39, 0.29) is 0 Å². The highest BCUT2D eigenvalue weighted by Crippen LogP contribution is 2.30. The number of aryl methyl sites for hydroxylation is 1. The van der Waals surface area contributed by atoms with Crippen LogP contribution in [0, 0.1) is 6.92 Å². The Kier molecular flexibility index (Phi) is 4.89. The molecular formula is C19H17ClN2S. The van der Waals surface area contributed by atoms with Gasteiger partial charge in [-0.1, -0.05) is 65.3 Å². The van der Waals surface area contributed by atoms with Crippen LogP contribution >= 0.6 is 23.4 Å². The Morgan fingerprint density at radius 3 is 2.70 bits per heavy atom. The average molecular weight is 341 g/mol. The Balaban J connectivity index is 2.14. The summed E-state index contributed by atoms with van der Waals surface area (Å²) in [5.41, 5.74) is 4.44. The Morgan fingerprint density at radius 2 is 2.00 bits per heavy atom. The molecule has 0 unspecified atom stereocenters. The van der Waals surface area contributed by atoms with E-state index in [1.165, 1.54) is 5.56 Å². The zero-order valence-electron chi connectivity index (χ0n) is 12.9. The molecule has 4 heteroatoms. The zero-order chi connectivity index (χ0) is 16.2. The van der Waals surface area contributed by atoms with Crippen molar-refractivity contribution in [2.24, 2.45) is 0 Å². The van der Waals surface area contributed by atoms with Gasteiger partial charge in [0.1, 0.15) is 0 Å². The van der Waals surface area contributed by atoms with Gasteiger partial charge in [-0.25, -0.2) is 4.98 Å². The highest BCUT2D eigenvalue weighted by atomic mass is 35.5. The van der Waals surface area contributed by atoms with Crippen LogP contribution in [0.25, 0.3) is 16.9 Å². The van der Waals surface area contributed by atoms with E-state index in [1.54, 1.807) is 11.8 Å². The topological polar surface area (TPSA) is 17.8 Å². The van der Waals surface area contributed by atoms with Crippen LogP contribution in [0.1, 0.15) is 5.56 Å². The van der Waals surface area contributed by atoms with Gasteiger partial charge in [0, 0.05) is 22.0 Å². The first kappa shape index (κ1) is 15.9. The van der Waals surface area contributed by atoms with Gasteiger partial charge in [0.25, 0.3) is 0 Å². The fourth-order valence-corrected chi connectivity index (χ4v) is 3.27. The smallest absolute Gasteiger partial charge is 0.173 e. The molecule has 2 nitrogen and oxygen atoms in total. The third-order valence-corrected chi connectivity index (χ3v) is 4.66. The molecule has 0 atom stereocenters. The van der Waals surface area contributed by atoms with Gasteiger partial charge in [0.05, 0.1) is 11.9 Å². The number of hydrogen-bond acceptors (Lipinski definition) is 2. The van der Waals surface area contributed by atoms with Crippen molar-refractivity contribution in [2.45, 2.75) is 12.1 Å².